The minimum absolute atomic E-state index is 0.714. The summed E-state index contributed by atoms with van der Waals surface area (Å²) in [5.41, 5.74) is 0.504. The van der Waals surface area contributed by atoms with E-state index in [-0.39, 0.29) is 0 Å². The van der Waals surface area contributed by atoms with Gasteiger partial charge in [0.1, 0.15) is 12.1 Å². The minimum Gasteiger partial charge on any atom is -0.377 e. The van der Waals surface area contributed by atoms with E-state index in [1.54, 1.807) is 0 Å². The molecule has 2 nitrogen and oxygen atoms in total. The van der Waals surface area contributed by atoms with Crippen LogP contribution in [0.2, 0.25) is 0 Å². The molecule has 2 rings (SSSR count). The van der Waals surface area contributed by atoms with Crippen LogP contribution in [0.1, 0.15) is 18.4 Å². The minimum atomic E-state index is -0.847. The molecule has 0 bridgehead atoms. The fourth-order valence-corrected chi connectivity index (χ4v) is 2.22. The highest BCUT2D eigenvalue weighted by Gasteiger charge is 2.32. The molecule has 1 heterocycles. The van der Waals surface area contributed by atoms with Crippen LogP contribution in [0.5, 0.6) is 0 Å². The topological polar surface area (TPSA) is 24.7 Å². The summed E-state index contributed by atoms with van der Waals surface area (Å²) in [7, 11) is 0. The monoisotopic (exact) mass is 216 g/mol. The third kappa shape index (κ3) is 2.63. The molecule has 0 aromatic heterocycles. The Hall–Kier alpha value is -1.30. The zero-order valence-electron chi connectivity index (χ0n) is 9.45. The van der Waals surface area contributed by atoms with Crippen LogP contribution in [0.4, 0.5) is 0 Å². The Morgan fingerprint density at radius 1 is 1.25 bits per heavy atom. The molecule has 1 aromatic rings. The number of rotatable bonds is 2. The number of benzene rings is 1. The van der Waals surface area contributed by atoms with Gasteiger partial charge >= 0.3 is 0 Å². The zero-order chi connectivity index (χ0) is 11.4. The third-order valence-electron chi connectivity index (χ3n) is 3.35. The lowest BCUT2D eigenvalue weighted by Crippen LogP contribution is -3.12. The fourth-order valence-electron chi connectivity index (χ4n) is 2.22. The van der Waals surface area contributed by atoms with E-state index in [4.69, 9.17) is 6.42 Å². The second-order valence-electron chi connectivity index (χ2n) is 4.59. The summed E-state index contributed by atoms with van der Waals surface area (Å²) in [6.45, 7) is 2.94. The van der Waals surface area contributed by atoms with E-state index in [1.165, 1.54) is 10.5 Å². The van der Waals surface area contributed by atoms with E-state index < -0.39 is 5.60 Å². The Morgan fingerprint density at radius 2 is 1.88 bits per heavy atom. The first-order valence-corrected chi connectivity index (χ1v) is 5.79. The van der Waals surface area contributed by atoms with Crippen LogP contribution in [0, 0.1) is 12.3 Å². The van der Waals surface area contributed by atoms with Crippen molar-refractivity contribution in [2.45, 2.75) is 25.0 Å². The molecule has 0 spiro atoms. The standard InChI is InChI=1S/C14H17NO/c1-2-14(16)8-10-15(11-9-14)12-13-6-4-3-5-7-13/h1,3-7,16H,8-12H2/p+1. The van der Waals surface area contributed by atoms with Crippen molar-refractivity contribution in [3.63, 3.8) is 0 Å². The van der Waals surface area contributed by atoms with E-state index in [1.807, 2.05) is 6.07 Å². The summed E-state index contributed by atoms with van der Waals surface area (Å²) in [5, 5.41) is 9.91. The van der Waals surface area contributed by atoms with Crippen LogP contribution in [0.25, 0.3) is 0 Å². The number of nitrogens with one attached hydrogen (secondary N) is 1. The molecular weight excluding hydrogens is 198 g/mol. The summed E-state index contributed by atoms with van der Waals surface area (Å²) in [5.74, 6) is 2.51. The van der Waals surface area contributed by atoms with Gasteiger partial charge < -0.3 is 10.0 Å². The molecule has 0 radical (unpaired) electrons. The van der Waals surface area contributed by atoms with Crippen molar-refractivity contribution >= 4 is 0 Å². The van der Waals surface area contributed by atoms with Crippen LogP contribution in [0.15, 0.2) is 30.3 Å². The van der Waals surface area contributed by atoms with Gasteiger partial charge in [0, 0.05) is 18.4 Å². The van der Waals surface area contributed by atoms with Gasteiger partial charge in [0.2, 0.25) is 0 Å². The molecule has 84 valence electrons. The van der Waals surface area contributed by atoms with Crippen LogP contribution < -0.4 is 4.90 Å². The number of likely N-dealkylation sites (tertiary alicyclic amines) is 1. The molecule has 1 fully saturated rings. The Labute approximate surface area is 96.9 Å². The van der Waals surface area contributed by atoms with Gasteiger partial charge in [-0.15, -0.1) is 6.42 Å². The maximum atomic E-state index is 9.91. The van der Waals surface area contributed by atoms with Crippen molar-refractivity contribution in [1.29, 1.82) is 0 Å². The first-order chi connectivity index (χ1) is 7.72. The van der Waals surface area contributed by atoms with Gasteiger partial charge in [-0.25, -0.2) is 0 Å². The molecule has 1 aliphatic rings. The van der Waals surface area contributed by atoms with Gasteiger partial charge in [-0.2, -0.15) is 0 Å². The van der Waals surface area contributed by atoms with Crippen LogP contribution in [-0.4, -0.2) is 23.8 Å². The van der Waals surface area contributed by atoms with Crippen LogP contribution >= 0.6 is 0 Å². The van der Waals surface area contributed by atoms with Gasteiger partial charge in [0.25, 0.3) is 0 Å². The molecule has 2 heteroatoms. The van der Waals surface area contributed by atoms with Crippen molar-refractivity contribution in [3.8, 4) is 12.3 Å². The number of aliphatic hydroxyl groups is 1. The lowest BCUT2D eigenvalue weighted by Gasteiger charge is -2.32. The summed E-state index contributed by atoms with van der Waals surface area (Å²) in [4.78, 5) is 1.51. The molecule has 0 amide bonds. The van der Waals surface area contributed by atoms with Crippen LogP contribution in [-0.2, 0) is 6.54 Å². The smallest absolute Gasteiger partial charge is 0.135 e. The lowest BCUT2D eigenvalue weighted by molar-refractivity contribution is -0.920. The van der Waals surface area contributed by atoms with Crippen molar-refractivity contribution in [2.75, 3.05) is 13.1 Å². The molecule has 1 saturated heterocycles. The average molecular weight is 216 g/mol. The first kappa shape index (κ1) is 11.2. The van der Waals surface area contributed by atoms with E-state index >= 15 is 0 Å². The fraction of sp³-hybridized carbons (Fsp3) is 0.429. The Balaban J connectivity index is 1.89. The maximum Gasteiger partial charge on any atom is 0.135 e. The first-order valence-electron chi connectivity index (χ1n) is 5.79. The summed E-state index contributed by atoms with van der Waals surface area (Å²) in [6.07, 6.45) is 6.75. The Kier molecular flexibility index (Phi) is 3.28. The molecule has 0 saturated carbocycles. The highest BCUT2D eigenvalue weighted by Crippen LogP contribution is 2.14. The third-order valence-corrected chi connectivity index (χ3v) is 3.35. The SMILES string of the molecule is C#CC1(O)CC[NH+](Cc2ccccc2)CC1. The quantitative estimate of drug-likeness (QED) is 0.680. The van der Waals surface area contributed by atoms with Crippen LogP contribution in [0.3, 0.4) is 0 Å². The largest absolute Gasteiger partial charge is 0.377 e. The van der Waals surface area contributed by atoms with Crippen molar-refractivity contribution in [1.82, 2.24) is 0 Å². The van der Waals surface area contributed by atoms with Gasteiger partial charge in [-0.05, 0) is 0 Å². The van der Waals surface area contributed by atoms with E-state index in [9.17, 15) is 5.11 Å². The Bertz CT molecular complexity index is 371. The molecule has 0 atom stereocenters. The summed E-state index contributed by atoms with van der Waals surface area (Å²) in [6, 6.07) is 10.5. The van der Waals surface area contributed by atoms with Gasteiger partial charge in [0.05, 0.1) is 13.1 Å². The predicted molar refractivity (Wildman–Crippen MR) is 63.9 cm³/mol. The Morgan fingerprint density at radius 3 is 2.44 bits per heavy atom. The van der Waals surface area contributed by atoms with Gasteiger partial charge in [-0.1, -0.05) is 36.3 Å². The zero-order valence-corrected chi connectivity index (χ0v) is 9.45. The van der Waals surface area contributed by atoms with Crippen molar-refractivity contribution in [3.05, 3.63) is 35.9 Å². The number of quaternary nitrogens is 1. The van der Waals surface area contributed by atoms with E-state index in [0.717, 1.165) is 19.6 Å². The number of terminal acetylenes is 1. The second kappa shape index (κ2) is 4.69. The molecule has 16 heavy (non-hydrogen) atoms. The molecule has 1 aromatic carbocycles. The van der Waals surface area contributed by atoms with E-state index in [0.29, 0.717) is 12.8 Å². The molecule has 0 unspecified atom stereocenters. The molecule has 1 aliphatic heterocycles. The highest BCUT2D eigenvalue weighted by atomic mass is 16.3. The normalized spacial score (nSPS) is 29.6. The lowest BCUT2D eigenvalue weighted by atomic mass is 9.92. The predicted octanol–water partition coefficient (Wildman–Crippen LogP) is 0.230. The number of piperidine rings is 1. The van der Waals surface area contributed by atoms with E-state index in [2.05, 4.69) is 30.2 Å². The molecule has 0 aliphatic carbocycles. The van der Waals surface area contributed by atoms with Gasteiger partial charge in [0.15, 0.2) is 0 Å². The number of hydrogen-bond acceptors (Lipinski definition) is 1. The van der Waals surface area contributed by atoms with Gasteiger partial charge in [-0.3, -0.25) is 0 Å². The summed E-state index contributed by atoms with van der Waals surface area (Å²) >= 11 is 0. The summed E-state index contributed by atoms with van der Waals surface area (Å²) < 4.78 is 0. The average Bonchev–Trinajstić information content (AvgIpc) is 2.34. The van der Waals surface area contributed by atoms with Crippen molar-refractivity contribution in [2.24, 2.45) is 0 Å². The highest BCUT2D eigenvalue weighted by molar-refractivity contribution is 5.13. The number of hydrogen-bond donors (Lipinski definition) is 2. The van der Waals surface area contributed by atoms with Crippen molar-refractivity contribution < 1.29 is 10.0 Å². The molecular formula is C14H18NO+. The maximum absolute atomic E-state index is 9.91. The second-order valence-corrected chi connectivity index (χ2v) is 4.59. The molecule has 2 N–H and O–H groups in total.